The van der Waals surface area contributed by atoms with Crippen molar-refractivity contribution in [2.45, 2.75) is 37.6 Å². The minimum Gasteiger partial charge on any atom is -0.457 e. The number of nitrogens with one attached hydrogen (secondary N) is 2. The fraction of sp³-hybridized carbons (Fsp3) is 0.318. The number of rotatable bonds is 5. The molecule has 2 aromatic rings. The summed E-state index contributed by atoms with van der Waals surface area (Å²) in [6, 6.07) is 13.9. The molecule has 0 atom stereocenters. The van der Waals surface area contributed by atoms with Crippen molar-refractivity contribution >= 4 is 39.5 Å². The van der Waals surface area contributed by atoms with Gasteiger partial charge in [-0.3, -0.25) is 14.5 Å². The highest BCUT2D eigenvalue weighted by Crippen LogP contribution is 2.33. The molecule has 0 bridgehead atoms. The SMILES string of the molecule is O=C(CN1C(=O)NC2(CCCCC2)C1=O)Nc1ccc(Oc2ccc(Br)cc2)cc1. The van der Waals surface area contributed by atoms with Crippen LogP contribution in [-0.2, 0) is 9.59 Å². The number of nitrogens with zero attached hydrogens (tertiary/aromatic N) is 1. The fourth-order valence-electron chi connectivity index (χ4n) is 3.90. The van der Waals surface area contributed by atoms with Crippen LogP contribution in [0.5, 0.6) is 11.5 Å². The molecule has 1 saturated heterocycles. The highest BCUT2D eigenvalue weighted by Gasteiger charge is 2.51. The number of amides is 4. The van der Waals surface area contributed by atoms with Crippen LogP contribution in [0.15, 0.2) is 53.0 Å². The van der Waals surface area contributed by atoms with Gasteiger partial charge in [0, 0.05) is 10.2 Å². The smallest absolute Gasteiger partial charge is 0.325 e. The van der Waals surface area contributed by atoms with E-state index in [1.807, 2.05) is 24.3 Å². The number of imide groups is 1. The molecule has 1 aliphatic heterocycles. The van der Waals surface area contributed by atoms with Crippen LogP contribution in [0.4, 0.5) is 10.5 Å². The van der Waals surface area contributed by atoms with Gasteiger partial charge in [0.1, 0.15) is 23.6 Å². The molecule has 0 radical (unpaired) electrons. The standard InChI is InChI=1S/C22H22BrN3O4/c23-15-4-8-17(9-5-15)30-18-10-6-16(7-11-18)24-19(27)14-26-20(28)22(25-21(26)29)12-2-1-3-13-22/h4-11H,1-3,12-14H2,(H,24,27)(H,25,29). The molecule has 4 rings (SSSR count). The van der Waals surface area contributed by atoms with Gasteiger partial charge in [-0.15, -0.1) is 0 Å². The zero-order chi connectivity index (χ0) is 21.1. The fourth-order valence-corrected chi connectivity index (χ4v) is 4.17. The summed E-state index contributed by atoms with van der Waals surface area (Å²) in [4.78, 5) is 38.5. The first kappa shape index (κ1) is 20.4. The maximum Gasteiger partial charge on any atom is 0.325 e. The number of urea groups is 1. The normalized spacial score (nSPS) is 17.7. The third-order valence-corrected chi connectivity index (χ3v) is 5.97. The quantitative estimate of drug-likeness (QED) is 0.631. The lowest BCUT2D eigenvalue weighted by atomic mass is 9.82. The van der Waals surface area contributed by atoms with Crippen molar-refractivity contribution in [2.24, 2.45) is 0 Å². The number of halogens is 1. The minimum atomic E-state index is -0.818. The van der Waals surface area contributed by atoms with E-state index in [0.29, 0.717) is 30.0 Å². The average molecular weight is 472 g/mol. The Morgan fingerprint density at radius 1 is 1.00 bits per heavy atom. The number of hydrogen-bond acceptors (Lipinski definition) is 4. The summed E-state index contributed by atoms with van der Waals surface area (Å²) in [5, 5.41) is 5.54. The van der Waals surface area contributed by atoms with Crippen LogP contribution >= 0.6 is 15.9 Å². The van der Waals surface area contributed by atoms with Crippen LogP contribution in [0, 0.1) is 0 Å². The molecule has 1 saturated carbocycles. The van der Waals surface area contributed by atoms with Gasteiger partial charge in [-0.05, 0) is 61.4 Å². The van der Waals surface area contributed by atoms with E-state index in [1.165, 1.54) is 0 Å². The second-order valence-electron chi connectivity index (χ2n) is 7.59. The second kappa shape index (κ2) is 8.47. The third kappa shape index (κ3) is 4.33. The number of carbonyl (C=O) groups excluding carboxylic acids is 3. The molecule has 2 fully saturated rings. The Morgan fingerprint density at radius 2 is 1.60 bits per heavy atom. The molecule has 8 heteroatoms. The summed E-state index contributed by atoms with van der Waals surface area (Å²) in [6.07, 6.45) is 4.14. The molecule has 1 heterocycles. The van der Waals surface area contributed by atoms with E-state index in [1.54, 1.807) is 24.3 Å². The predicted octanol–water partition coefficient (Wildman–Crippen LogP) is 4.43. The van der Waals surface area contributed by atoms with E-state index in [0.717, 1.165) is 28.6 Å². The Bertz CT molecular complexity index is 953. The molecule has 7 nitrogen and oxygen atoms in total. The molecular formula is C22H22BrN3O4. The minimum absolute atomic E-state index is 0.291. The molecule has 2 aromatic carbocycles. The second-order valence-corrected chi connectivity index (χ2v) is 8.51. The first-order valence-electron chi connectivity index (χ1n) is 9.93. The van der Waals surface area contributed by atoms with E-state index in [-0.39, 0.29) is 12.5 Å². The van der Waals surface area contributed by atoms with Crippen LogP contribution in [0.25, 0.3) is 0 Å². The maximum absolute atomic E-state index is 12.8. The Kier molecular flexibility index (Phi) is 5.76. The molecule has 1 spiro atoms. The van der Waals surface area contributed by atoms with Gasteiger partial charge in [0.25, 0.3) is 5.91 Å². The summed E-state index contributed by atoms with van der Waals surface area (Å²) in [6.45, 7) is -0.302. The van der Waals surface area contributed by atoms with E-state index in [2.05, 4.69) is 26.6 Å². The number of ether oxygens (including phenoxy) is 1. The van der Waals surface area contributed by atoms with Crippen molar-refractivity contribution in [1.29, 1.82) is 0 Å². The Morgan fingerprint density at radius 3 is 2.23 bits per heavy atom. The van der Waals surface area contributed by atoms with E-state index in [4.69, 9.17) is 4.74 Å². The van der Waals surface area contributed by atoms with E-state index < -0.39 is 17.5 Å². The molecule has 2 aliphatic rings. The third-order valence-electron chi connectivity index (χ3n) is 5.44. The van der Waals surface area contributed by atoms with Crippen molar-refractivity contribution in [3.63, 3.8) is 0 Å². The van der Waals surface area contributed by atoms with Crippen molar-refractivity contribution in [3.8, 4) is 11.5 Å². The molecule has 4 amide bonds. The summed E-state index contributed by atoms with van der Waals surface area (Å²) in [5.41, 5.74) is -0.260. The van der Waals surface area contributed by atoms with Crippen molar-refractivity contribution in [1.82, 2.24) is 10.2 Å². The van der Waals surface area contributed by atoms with Gasteiger partial charge < -0.3 is 15.4 Å². The van der Waals surface area contributed by atoms with Crippen LogP contribution in [0.3, 0.4) is 0 Å². The van der Waals surface area contributed by atoms with Crippen molar-refractivity contribution < 1.29 is 19.1 Å². The largest absolute Gasteiger partial charge is 0.457 e. The van der Waals surface area contributed by atoms with Crippen molar-refractivity contribution in [3.05, 3.63) is 53.0 Å². The molecule has 30 heavy (non-hydrogen) atoms. The number of carbonyl (C=O) groups is 3. The summed E-state index contributed by atoms with van der Waals surface area (Å²) in [5.74, 6) is 0.613. The first-order chi connectivity index (χ1) is 14.4. The monoisotopic (exact) mass is 471 g/mol. The zero-order valence-electron chi connectivity index (χ0n) is 16.3. The van der Waals surface area contributed by atoms with Gasteiger partial charge in [-0.25, -0.2) is 4.79 Å². The molecule has 1 aliphatic carbocycles. The van der Waals surface area contributed by atoms with Crippen molar-refractivity contribution in [2.75, 3.05) is 11.9 Å². The zero-order valence-corrected chi connectivity index (χ0v) is 17.9. The summed E-state index contributed by atoms with van der Waals surface area (Å²) in [7, 11) is 0. The Labute approximate surface area is 182 Å². The lowest BCUT2D eigenvalue weighted by Gasteiger charge is -2.30. The van der Waals surface area contributed by atoms with Crippen LogP contribution in [0.1, 0.15) is 32.1 Å². The Hall–Kier alpha value is -2.87. The molecule has 0 unspecified atom stereocenters. The number of hydrogen-bond donors (Lipinski definition) is 2. The van der Waals surface area contributed by atoms with Gasteiger partial charge in [-0.1, -0.05) is 35.2 Å². The average Bonchev–Trinajstić information content (AvgIpc) is 2.95. The van der Waals surface area contributed by atoms with Crippen LogP contribution in [-0.4, -0.2) is 34.8 Å². The highest BCUT2D eigenvalue weighted by molar-refractivity contribution is 9.10. The first-order valence-corrected chi connectivity index (χ1v) is 10.7. The van der Waals surface area contributed by atoms with Gasteiger partial charge >= 0.3 is 6.03 Å². The number of anilines is 1. The molecule has 156 valence electrons. The molecule has 2 N–H and O–H groups in total. The number of benzene rings is 2. The molecule has 0 aromatic heterocycles. The van der Waals surface area contributed by atoms with Gasteiger partial charge in [-0.2, -0.15) is 0 Å². The lowest BCUT2D eigenvalue weighted by molar-refractivity contribution is -0.134. The van der Waals surface area contributed by atoms with Gasteiger partial charge in [0.05, 0.1) is 0 Å². The van der Waals surface area contributed by atoms with Crippen LogP contribution < -0.4 is 15.4 Å². The predicted molar refractivity (Wildman–Crippen MR) is 115 cm³/mol. The summed E-state index contributed by atoms with van der Waals surface area (Å²) >= 11 is 3.38. The van der Waals surface area contributed by atoms with Gasteiger partial charge in [0.15, 0.2) is 0 Å². The maximum atomic E-state index is 12.8. The topological polar surface area (TPSA) is 87.7 Å². The lowest BCUT2D eigenvalue weighted by Crippen LogP contribution is -2.48. The highest BCUT2D eigenvalue weighted by atomic mass is 79.9. The van der Waals surface area contributed by atoms with E-state index >= 15 is 0 Å². The van der Waals surface area contributed by atoms with E-state index in [9.17, 15) is 14.4 Å². The Balaban J connectivity index is 1.34. The molecular weight excluding hydrogens is 450 g/mol. The summed E-state index contributed by atoms with van der Waals surface area (Å²) < 4.78 is 6.72. The van der Waals surface area contributed by atoms with Crippen LogP contribution in [0.2, 0.25) is 0 Å². The van der Waals surface area contributed by atoms with Gasteiger partial charge in [0.2, 0.25) is 5.91 Å².